The fourth-order valence-corrected chi connectivity index (χ4v) is 3.18. The van der Waals surface area contributed by atoms with Crippen molar-refractivity contribution in [3.05, 3.63) is 46.0 Å². The molecule has 1 aromatic carbocycles. The van der Waals surface area contributed by atoms with Crippen molar-refractivity contribution >= 4 is 11.5 Å². The van der Waals surface area contributed by atoms with E-state index in [1.807, 2.05) is 0 Å². The van der Waals surface area contributed by atoms with Crippen molar-refractivity contribution in [3.63, 3.8) is 0 Å². The highest BCUT2D eigenvalue weighted by Crippen LogP contribution is 2.29. The molecule has 0 aliphatic carbocycles. The minimum atomic E-state index is 0.220. The van der Waals surface area contributed by atoms with E-state index < -0.39 is 0 Å². The van der Waals surface area contributed by atoms with Crippen LogP contribution in [0.15, 0.2) is 24.3 Å². The van der Waals surface area contributed by atoms with Crippen LogP contribution in [0, 0.1) is 6.92 Å². The predicted octanol–water partition coefficient (Wildman–Crippen LogP) is 3.89. The normalized spacial score (nSPS) is 12.6. The highest BCUT2D eigenvalue weighted by atomic mass is 32.1. The Morgan fingerprint density at radius 1 is 1.20 bits per heavy atom. The van der Waals surface area contributed by atoms with E-state index in [0.717, 1.165) is 31.5 Å². The fourth-order valence-electron chi connectivity index (χ4n) is 2.39. The summed E-state index contributed by atoms with van der Waals surface area (Å²) >= 11 is 1.53. The third kappa shape index (κ3) is 3.44. The van der Waals surface area contributed by atoms with Crippen LogP contribution in [0.5, 0.6) is 0 Å². The number of nitrogens with zero attached hydrogens (tertiary/aromatic N) is 2. The van der Waals surface area contributed by atoms with Crippen LogP contribution in [0.2, 0.25) is 0 Å². The standard InChI is InChI=1S/C16H23N3S/c1-4-8-14-16(20-19-18-14)15(17-11-5-2)13-10-7-6-9-12(13)3/h6-7,9-10,15,17H,4-5,8,11H2,1-3H3. The van der Waals surface area contributed by atoms with Crippen LogP contribution in [-0.4, -0.2) is 16.1 Å². The largest absolute Gasteiger partial charge is 0.305 e. The minimum Gasteiger partial charge on any atom is -0.305 e. The Bertz CT molecular complexity index is 536. The maximum atomic E-state index is 4.32. The Labute approximate surface area is 125 Å². The zero-order valence-electron chi connectivity index (χ0n) is 12.5. The number of aromatic nitrogens is 2. The van der Waals surface area contributed by atoms with Gasteiger partial charge in [0.15, 0.2) is 0 Å². The Hall–Kier alpha value is -1.26. The van der Waals surface area contributed by atoms with E-state index in [1.165, 1.54) is 27.5 Å². The predicted molar refractivity (Wildman–Crippen MR) is 85.2 cm³/mol. The molecule has 1 atom stereocenters. The Morgan fingerprint density at radius 2 is 2.00 bits per heavy atom. The molecule has 0 amide bonds. The first-order chi connectivity index (χ1) is 9.77. The molecule has 0 fully saturated rings. The van der Waals surface area contributed by atoms with Gasteiger partial charge in [0.05, 0.1) is 16.6 Å². The van der Waals surface area contributed by atoms with Crippen LogP contribution in [0.25, 0.3) is 0 Å². The summed E-state index contributed by atoms with van der Waals surface area (Å²) in [6, 6.07) is 8.80. The molecule has 1 heterocycles. The average Bonchev–Trinajstić information content (AvgIpc) is 2.90. The van der Waals surface area contributed by atoms with Crippen LogP contribution in [0.1, 0.15) is 54.4 Å². The maximum absolute atomic E-state index is 4.32. The monoisotopic (exact) mass is 289 g/mol. The van der Waals surface area contributed by atoms with Gasteiger partial charge in [0.1, 0.15) is 0 Å². The van der Waals surface area contributed by atoms with Crippen molar-refractivity contribution in [2.75, 3.05) is 6.54 Å². The van der Waals surface area contributed by atoms with Crippen LogP contribution >= 0.6 is 11.5 Å². The molecule has 0 aliphatic heterocycles. The number of nitrogens with one attached hydrogen (secondary N) is 1. The van der Waals surface area contributed by atoms with Crippen molar-refractivity contribution < 1.29 is 0 Å². The van der Waals surface area contributed by atoms with E-state index in [4.69, 9.17) is 0 Å². The summed E-state index contributed by atoms with van der Waals surface area (Å²) in [4.78, 5) is 1.27. The van der Waals surface area contributed by atoms with Gasteiger partial charge in [-0.2, -0.15) is 0 Å². The average molecular weight is 289 g/mol. The van der Waals surface area contributed by atoms with Crippen molar-refractivity contribution in [2.24, 2.45) is 0 Å². The molecule has 1 aromatic heterocycles. The first-order valence-corrected chi connectivity index (χ1v) is 8.15. The Balaban J connectivity index is 2.37. The highest BCUT2D eigenvalue weighted by Gasteiger charge is 2.21. The van der Waals surface area contributed by atoms with E-state index in [0.29, 0.717) is 0 Å². The van der Waals surface area contributed by atoms with Gasteiger partial charge < -0.3 is 5.32 Å². The van der Waals surface area contributed by atoms with E-state index in [2.05, 4.69) is 59.9 Å². The summed E-state index contributed by atoms with van der Waals surface area (Å²) in [5, 5.41) is 7.98. The van der Waals surface area contributed by atoms with Crippen molar-refractivity contribution in [3.8, 4) is 0 Å². The summed E-state index contributed by atoms with van der Waals surface area (Å²) in [5.41, 5.74) is 3.80. The number of benzene rings is 1. The fraction of sp³-hybridized carbons (Fsp3) is 0.500. The third-order valence-corrected chi connectivity index (χ3v) is 4.26. The van der Waals surface area contributed by atoms with Gasteiger partial charge in [-0.05, 0) is 49.0 Å². The summed E-state index contributed by atoms with van der Waals surface area (Å²) < 4.78 is 4.18. The SMILES string of the molecule is CCCNC(c1ccccc1C)c1snnc1CCC. The first kappa shape index (κ1) is 15.1. The van der Waals surface area contributed by atoms with Crippen LogP contribution in [0.4, 0.5) is 0 Å². The zero-order valence-corrected chi connectivity index (χ0v) is 13.3. The topological polar surface area (TPSA) is 37.8 Å². The molecule has 0 bridgehead atoms. The molecular weight excluding hydrogens is 266 g/mol. The second kappa shape index (κ2) is 7.50. The molecule has 2 aromatic rings. The molecule has 108 valence electrons. The molecule has 2 rings (SSSR count). The van der Waals surface area contributed by atoms with Gasteiger partial charge in [-0.1, -0.05) is 49.0 Å². The van der Waals surface area contributed by atoms with Crippen molar-refractivity contribution in [1.29, 1.82) is 0 Å². The van der Waals surface area contributed by atoms with Gasteiger partial charge in [0.2, 0.25) is 0 Å². The maximum Gasteiger partial charge on any atom is 0.0807 e. The number of hydrogen-bond acceptors (Lipinski definition) is 4. The van der Waals surface area contributed by atoms with E-state index >= 15 is 0 Å². The molecule has 0 saturated carbocycles. The van der Waals surface area contributed by atoms with Crippen LogP contribution < -0.4 is 5.32 Å². The molecule has 0 radical (unpaired) electrons. The lowest BCUT2D eigenvalue weighted by atomic mass is 9.98. The van der Waals surface area contributed by atoms with Crippen molar-refractivity contribution in [1.82, 2.24) is 14.9 Å². The number of hydrogen-bond donors (Lipinski definition) is 1. The smallest absolute Gasteiger partial charge is 0.0807 e. The van der Waals surface area contributed by atoms with Gasteiger partial charge in [-0.15, -0.1) is 5.10 Å². The molecule has 0 saturated heterocycles. The highest BCUT2D eigenvalue weighted by molar-refractivity contribution is 7.05. The van der Waals surface area contributed by atoms with Gasteiger partial charge in [0.25, 0.3) is 0 Å². The van der Waals surface area contributed by atoms with Gasteiger partial charge in [0, 0.05) is 0 Å². The van der Waals surface area contributed by atoms with Crippen LogP contribution in [0.3, 0.4) is 0 Å². The Kier molecular flexibility index (Phi) is 5.68. The van der Waals surface area contributed by atoms with E-state index in [9.17, 15) is 0 Å². The van der Waals surface area contributed by atoms with Gasteiger partial charge in [-0.3, -0.25) is 0 Å². The summed E-state index contributed by atoms with van der Waals surface area (Å²) in [6.07, 6.45) is 3.23. The van der Waals surface area contributed by atoms with Crippen LogP contribution in [-0.2, 0) is 6.42 Å². The van der Waals surface area contributed by atoms with Gasteiger partial charge in [-0.25, -0.2) is 0 Å². The quantitative estimate of drug-likeness (QED) is 0.840. The molecule has 0 aliphatic rings. The van der Waals surface area contributed by atoms with E-state index in [-0.39, 0.29) is 6.04 Å². The summed E-state index contributed by atoms with van der Waals surface area (Å²) in [5.74, 6) is 0. The second-order valence-electron chi connectivity index (χ2n) is 5.08. The third-order valence-electron chi connectivity index (χ3n) is 3.43. The minimum absolute atomic E-state index is 0.220. The second-order valence-corrected chi connectivity index (χ2v) is 5.86. The molecule has 20 heavy (non-hydrogen) atoms. The molecule has 1 N–H and O–H groups in total. The first-order valence-electron chi connectivity index (χ1n) is 7.38. The zero-order chi connectivity index (χ0) is 14.4. The number of aryl methyl sites for hydroxylation is 2. The lowest BCUT2D eigenvalue weighted by molar-refractivity contribution is 0.597. The molecule has 4 heteroatoms. The lowest BCUT2D eigenvalue weighted by Gasteiger charge is -2.20. The van der Waals surface area contributed by atoms with E-state index in [1.54, 1.807) is 0 Å². The van der Waals surface area contributed by atoms with Crippen molar-refractivity contribution in [2.45, 2.75) is 46.1 Å². The summed E-state index contributed by atoms with van der Waals surface area (Å²) in [7, 11) is 0. The molecule has 3 nitrogen and oxygen atoms in total. The molecule has 0 spiro atoms. The molecule has 1 unspecified atom stereocenters. The Morgan fingerprint density at radius 3 is 2.70 bits per heavy atom. The summed E-state index contributed by atoms with van der Waals surface area (Å²) in [6.45, 7) is 7.55. The van der Waals surface area contributed by atoms with Gasteiger partial charge >= 0.3 is 0 Å². The molecular formula is C16H23N3S. The lowest BCUT2D eigenvalue weighted by Crippen LogP contribution is -2.24. The number of rotatable bonds is 7.